The topological polar surface area (TPSA) is 46.5 Å². The van der Waals surface area contributed by atoms with Gasteiger partial charge in [0, 0.05) is 13.0 Å². The van der Waals surface area contributed by atoms with Crippen molar-refractivity contribution in [3.05, 3.63) is 0 Å². The van der Waals surface area contributed by atoms with Gasteiger partial charge >= 0.3 is 5.97 Å². The number of rotatable bonds is 10. The summed E-state index contributed by atoms with van der Waals surface area (Å²) in [6.45, 7) is 2.63. The highest BCUT2D eigenvalue weighted by Crippen LogP contribution is 2.08. The molecule has 90 valence electrons. The molecular formula is C12H24O3. The molecule has 0 unspecified atom stereocenters. The predicted octanol–water partition coefficient (Wildman–Crippen LogP) is 2.66. The van der Waals surface area contributed by atoms with E-state index in [9.17, 15) is 4.79 Å². The fourth-order valence-electron chi connectivity index (χ4n) is 1.50. The molecule has 3 heteroatoms. The third-order valence-corrected chi connectivity index (χ3v) is 2.34. The second-order valence-electron chi connectivity index (χ2n) is 3.75. The van der Waals surface area contributed by atoms with Gasteiger partial charge in [0.05, 0.1) is 6.61 Å². The first-order chi connectivity index (χ1) is 7.31. The van der Waals surface area contributed by atoms with Crippen LogP contribution in [-0.4, -0.2) is 24.3 Å². The molecule has 0 saturated heterocycles. The monoisotopic (exact) mass is 216 g/mol. The lowest BCUT2D eigenvalue weighted by atomic mass is 10.1. The smallest absolute Gasteiger partial charge is 0.305 e. The molecule has 0 aliphatic heterocycles. The molecule has 1 N–H and O–H groups in total. The predicted molar refractivity (Wildman–Crippen MR) is 60.7 cm³/mol. The minimum atomic E-state index is -0.0715. The van der Waals surface area contributed by atoms with Crippen molar-refractivity contribution in [2.24, 2.45) is 0 Å². The van der Waals surface area contributed by atoms with Crippen LogP contribution in [0.2, 0.25) is 0 Å². The molecular weight excluding hydrogens is 192 g/mol. The van der Waals surface area contributed by atoms with E-state index in [1.165, 1.54) is 19.3 Å². The number of hydrogen-bond donors (Lipinski definition) is 1. The van der Waals surface area contributed by atoms with Gasteiger partial charge in [-0.05, 0) is 19.8 Å². The average molecular weight is 216 g/mol. The largest absolute Gasteiger partial charge is 0.466 e. The molecule has 0 aliphatic carbocycles. The summed E-state index contributed by atoms with van der Waals surface area (Å²) in [5.41, 5.74) is 0. The highest BCUT2D eigenvalue weighted by molar-refractivity contribution is 5.69. The summed E-state index contributed by atoms with van der Waals surface area (Å²) in [5, 5.41) is 8.57. The molecule has 3 nitrogen and oxygen atoms in total. The summed E-state index contributed by atoms with van der Waals surface area (Å²) >= 11 is 0. The van der Waals surface area contributed by atoms with Crippen molar-refractivity contribution in [1.29, 1.82) is 0 Å². The first-order valence-corrected chi connectivity index (χ1v) is 6.07. The lowest BCUT2D eigenvalue weighted by Gasteiger charge is -2.02. The molecule has 0 atom stereocenters. The second-order valence-corrected chi connectivity index (χ2v) is 3.75. The fourth-order valence-corrected chi connectivity index (χ4v) is 1.50. The average Bonchev–Trinajstić information content (AvgIpc) is 2.22. The molecule has 0 amide bonds. The SMILES string of the molecule is CCOC(=O)CCCCCCCCCO. The Morgan fingerprint density at radius 1 is 1.00 bits per heavy atom. The first kappa shape index (κ1) is 14.4. The summed E-state index contributed by atoms with van der Waals surface area (Å²) in [4.78, 5) is 11.0. The second kappa shape index (κ2) is 11.5. The summed E-state index contributed by atoms with van der Waals surface area (Å²) < 4.78 is 4.83. The number of aliphatic hydroxyl groups is 1. The Morgan fingerprint density at radius 2 is 1.53 bits per heavy atom. The molecule has 0 heterocycles. The lowest BCUT2D eigenvalue weighted by Crippen LogP contribution is -2.03. The van der Waals surface area contributed by atoms with Gasteiger partial charge in [-0.2, -0.15) is 0 Å². The summed E-state index contributed by atoms with van der Waals surface area (Å²) in [5.74, 6) is -0.0715. The summed E-state index contributed by atoms with van der Waals surface area (Å²) in [7, 11) is 0. The maximum absolute atomic E-state index is 11.0. The molecule has 0 fully saturated rings. The van der Waals surface area contributed by atoms with Gasteiger partial charge in [-0.15, -0.1) is 0 Å². The summed E-state index contributed by atoms with van der Waals surface area (Å²) in [6.07, 6.45) is 8.24. The van der Waals surface area contributed by atoms with Crippen molar-refractivity contribution >= 4 is 5.97 Å². The third kappa shape index (κ3) is 11.4. The van der Waals surface area contributed by atoms with E-state index >= 15 is 0 Å². The summed E-state index contributed by atoms with van der Waals surface area (Å²) in [6, 6.07) is 0. The van der Waals surface area contributed by atoms with Crippen LogP contribution in [0.1, 0.15) is 58.3 Å². The quantitative estimate of drug-likeness (QED) is 0.451. The Bertz CT molecular complexity index is 146. The number of esters is 1. The Kier molecular flexibility index (Phi) is 11.1. The van der Waals surface area contributed by atoms with Gasteiger partial charge in [0.15, 0.2) is 0 Å². The fraction of sp³-hybridized carbons (Fsp3) is 0.917. The number of carbonyl (C=O) groups excluding carboxylic acids is 1. The maximum atomic E-state index is 11.0. The molecule has 0 radical (unpaired) electrons. The van der Waals surface area contributed by atoms with E-state index < -0.39 is 0 Å². The highest BCUT2D eigenvalue weighted by atomic mass is 16.5. The van der Waals surface area contributed by atoms with E-state index in [1.807, 2.05) is 6.92 Å². The Labute approximate surface area is 92.8 Å². The standard InChI is InChI=1S/C12H24O3/c1-2-15-12(14)10-8-6-4-3-5-7-9-11-13/h13H,2-11H2,1H3. The van der Waals surface area contributed by atoms with E-state index in [0.717, 1.165) is 25.7 Å². The Hall–Kier alpha value is -0.570. The molecule has 0 aliphatic rings. The van der Waals surface area contributed by atoms with Crippen LogP contribution in [0, 0.1) is 0 Å². The molecule has 0 aromatic heterocycles. The van der Waals surface area contributed by atoms with Gasteiger partial charge < -0.3 is 9.84 Å². The van der Waals surface area contributed by atoms with Crippen LogP contribution in [0.3, 0.4) is 0 Å². The number of unbranched alkanes of at least 4 members (excludes halogenated alkanes) is 6. The minimum Gasteiger partial charge on any atom is -0.466 e. The zero-order valence-electron chi connectivity index (χ0n) is 9.83. The molecule has 0 aromatic rings. The molecule has 0 aromatic carbocycles. The van der Waals surface area contributed by atoms with Crippen LogP contribution in [0.25, 0.3) is 0 Å². The van der Waals surface area contributed by atoms with Crippen LogP contribution in [0.5, 0.6) is 0 Å². The normalized spacial score (nSPS) is 10.3. The van der Waals surface area contributed by atoms with Crippen molar-refractivity contribution in [3.63, 3.8) is 0 Å². The van der Waals surface area contributed by atoms with Gasteiger partial charge in [0.25, 0.3) is 0 Å². The van der Waals surface area contributed by atoms with Crippen molar-refractivity contribution in [2.45, 2.75) is 58.3 Å². The number of carbonyl (C=O) groups is 1. The van der Waals surface area contributed by atoms with Crippen molar-refractivity contribution in [1.82, 2.24) is 0 Å². The highest BCUT2D eigenvalue weighted by Gasteiger charge is 2.00. The van der Waals surface area contributed by atoms with Gasteiger partial charge in [0.2, 0.25) is 0 Å². The van der Waals surface area contributed by atoms with Crippen molar-refractivity contribution < 1.29 is 14.6 Å². The van der Waals surface area contributed by atoms with Crippen LogP contribution < -0.4 is 0 Å². The van der Waals surface area contributed by atoms with Crippen LogP contribution >= 0.6 is 0 Å². The van der Waals surface area contributed by atoms with Crippen molar-refractivity contribution in [2.75, 3.05) is 13.2 Å². The maximum Gasteiger partial charge on any atom is 0.305 e. The van der Waals surface area contributed by atoms with Crippen molar-refractivity contribution in [3.8, 4) is 0 Å². The van der Waals surface area contributed by atoms with E-state index in [0.29, 0.717) is 19.6 Å². The van der Waals surface area contributed by atoms with Gasteiger partial charge in [0.1, 0.15) is 0 Å². The third-order valence-electron chi connectivity index (χ3n) is 2.34. The van der Waals surface area contributed by atoms with E-state index in [1.54, 1.807) is 0 Å². The van der Waals surface area contributed by atoms with Crippen LogP contribution in [-0.2, 0) is 9.53 Å². The van der Waals surface area contributed by atoms with Gasteiger partial charge in [-0.25, -0.2) is 0 Å². The number of aliphatic hydroxyl groups excluding tert-OH is 1. The van der Waals surface area contributed by atoms with Crippen LogP contribution in [0.4, 0.5) is 0 Å². The molecule has 0 rings (SSSR count). The zero-order chi connectivity index (χ0) is 11.4. The Balaban J connectivity index is 3.01. The lowest BCUT2D eigenvalue weighted by molar-refractivity contribution is -0.143. The van der Waals surface area contributed by atoms with Gasteiger partial charge in [-0.3, -0.25) is 4.79 Å². The van der Waals surface area contributed by atoms with Crippen LogP contribution in [0.15, 0.2) is 0 Å². The minimum absolute atomic E-state index is 0.0715. The number of hydrogen-bond acceptors (Lipinski definition) is 3. The van der Waals surface area contributed by atoms with E-state index in [2.05, 4.69) is 0 Å². The molecule has 0 bridgehead atoms. The van der Waals surface area contributed by atoms with Gasteiger partial charge in [-0.1, -0.05) is 32.1 Å². The molecule has 0 saturated carbocycles. The molecule has 0 spiro atoms. The number of ether oxygens (including phenoxy) is 1. The molecule has 15 heavy (non-hydrogen) atoms. The first-order valence-electron chi connectivity index (χ1n) is 6.07. The van der Waals surface area contributed by atoms with E-state index in [4.69, 9.17) is 9.84 Å². The van der Waals surface area contributed by atoms with E-state index in [-0.39, 0.29) is 5.97 Å². The Morgan fingerprint density at radius 3 is 2.07 bits per heavy atom. The zero-order valence-corrected chi connectivity index (χ0v) is 9.83.